The number of rotatable bonds is 6. The number of hydrogen-bond acceptors (Lipinski definition) is 3. The minimum absolute atomic E-state index is 0.0964. The molecule has 156 valence electrons. The Kier molecular flexibility index (Phi) is 7.95. The largest absolute Gasteiger partial charge is 0.573 e. The average molecular weight is 400 g/mol. The van der Waals surface area contributed by atoms with Crippen molar-refractivity contribution >= 4 is 11.9 Å². The first kappa shape index (κ1) is 21.8. The van der Waals surface area contributed by atoms with Crippen LogP contribution in [0.15, 0.2) is 29.3 Å². The third-order valence-electron chi connectivity index (χ3n) is 4.62. The van der Waals surface area contributed by atoms with E-state index in [-0.39, 0.29) is 24.2 Å². The summed E-state index contributed by atoms with van der Waals surface area (Å²) in [7, 11) is 1.56. The van der Waals surface area contributed by atoms with Crippen LogP contribution >= 0.6 is 0 Å². The number of nitrogens with one attached hydrogen (secondary N) is 2. The van der Waals surface area contributed by atoms with Crippen LogP contribution in [-0.2, 0) is 11.3 Å². The number of likely N-dealkylation sites (tertiary alicyclic amines) is 1. The number of guanidine groups is 1. The van der Waals surface area contributed by atoms with E-state index in [1.165, 1.54) is 12.1 Å². The van der Waals surface area contributed by atoms with Gasteiger partial charge in [0.05, 0.1) is 0 Å². The van der Waals surface area contributed by atoms with Crippen LogP contribution in [0.3, 0.4) is 0 Å². The van der Waals surface area contributed by atoms with Crippen molar-refractivity contribution in [3.8, 4) is 5.75 Å². The first-order valence-corrected chi connectivity index (χ1v) is 9.38. The lowest BCUT2D eigenvalue weighted by molar-refractivity contribution is -0.274. The molecule has 0 spiro atoms. The predicted octanol–water partition coefficient (Wildman–Crippen LogP) is 3.04. The number of nitrogens with zero attached hydrogens (tertiary/aromatic N) is 2. The monoisotopic (exact) mass is 400 g/mol. The molecule has 0 bridgehead atoms. The predicted molar refractivity (Wildman–Crippen MR) is 101 cm³/mol. The SMILES string of the molecule is CN=C(NCCC(=O)N1CCCCC1C)NCc1ccccc1OC(F)(F)F. The Morgan fingerprint density at radius 2 is 2.04 bits per heavy atom. The standard InChI is InChI=1S/C19H27F3N4O2/c1-14-7-5-6-12-26(14)17(27)10-11-24-18(23-2)25-13-15-8-3-4-9-16(15)28-19(20,21)22/h3-4,8-9,14H,5-7,10-13H2,1-2H3,(H2,23,24,25). The molecule has 1 fully saturated rings. The molecule has 0 aliphatic carbocycles. The smallest absolute Gasteiger partial charge is 0.405 e. The fourth-order valence-corrected chi connectivity index (χ4v) is 3.17. The van der Waals surface area contributed by atoms with Gasteiger partial charge in [-0.1, -0.05) is 18.2 Å². The van der Waals surface area contributed by atoms with Crippen LogP contribution in [0.1, 0.15) is 38.2 Å². The van der Waals surface area contributed by atoms with Crippen molar-refractivity contribution in [1.29, 1.82) is 0 Å². The minimum Gasteiger partial charge on any atom is -0.405 e. The van der Waals surface area contributed by atoms with E-state index in [2.05, 4.69) is 27.3 Å². The fraction of sp³-hybridized carbons (Fsp3) is 0.579. The number of carbonyl (C=O) groups is 1. The van der Waals surface area contributed by atoms with Crippen LogP contribution in [0.5, 0.6) is 5.75 Å². The van der Waals surface area contributed by atoms with Gasteiger partial charge in [-0.15, -0.1) is 13.2 Å². The Morgan fingerprint density at radius 3 is 2.71 bits per heavy atom. The van der Waals surface area contributed by atoms with Crippen molar-refractivity contribution in [2.45, 2.75) is 51.6 Å². The van der Waals surface area contributed by atoms with Crippen molar-refractivity contribution < 1.29 is 22.7 Å². The molecule has 1 aromatic rings. The van der Waals surface area contributed by atoms with E-state index in [4.69, 9.17) is 0 Å². The zero-order valence-corrected chi connectivity index (χ0v) is 16.2. The molecule has 1 unspecified atom stereocenters. The molecule has 6 nitrogen and oxygen atoms in total. The molecule has 1 aromatic carbocycles. The molecule has 1 aliphatic rings. The summed E-state index contributed by atoms with van der Waals surface area (Å²) in [5, 5.41) is 5.96. The lowest BCUT2D eigenvalue weighted by Crippen LogP contribution is -2.44. The van der Waals surface area contributed by atoms with Crippen LogP contribution in [0, 0.1) is 0 Å². The zero-order chi connectivity index (χ0) is 20.6. The second-order valence-corrected chi connectivity index (χ2v) is 6.69. The normalized spacial score (nSPS) is 18.0. The van der Waals surface area contributed by atoms with E-state index in [1.807, 2.05) is 4.90 Å². The number of alkyl halides is 3. The van der Waals surface area contributed by atoms with Gasteiger partial charge in [0.1, 0.15) is 5.75 Å². The molecule has 28 heavy (non-hydrogen) atoms. The highest BCUT2D eigenvalue weighted by atomic mass is 19.4. The number of amides is 1. The van der Waals surface area contributed by atoms with Crippen molar-refractivity contribution in [1.82, 2.24) is 15.5 Å². The number of hydrogen-bond donors (Lipinski definition) is 2. The van der Waals surface area contributed by atoms with E-state index < -0.39 is 6.36 Å². The zero-order valence-electron chi connectivity index (χ0n) is 16.2. The van der Waals surface area contributed by atoms with E-state index in [0.717, 1.165) is 25.8 Å². The maximum Gasteiger partial charge on any atom is 0.573 e. The average Bonchev–Trinajstić information content (AvgIpc) is 2.64. The molecule has 2 rings (SSSR count). The molecule has 1 amide bonds. The molecular weight excluding hydrogens is 373 g/mol. The third kappa shape index (κ3) is 6.94. The summed E-state index contributed by atoms with van der Waals surface area (Å²) in [5.74, 6) is 0.243. The van der Waals surface area contributed by atoms with Crippen molar-refractivity contribution in [3.05, 3.63) is 29.8 Å². The van der Waals surface area contributed by atoms with Gasteiger partial charge in [-0.2, -0.15) is 0 Å². The van der Waals surface area contributed by atoms with Gasteiger partial charge in [0.2, 0.25) is 5.91 Å². The van der Waals surface area contributed by atoms with Crippen LogP contribution in [0.2, 0.25) is 0 Å². The quantitative estimate of drug-likeness (QED) is 0.569. The Morgan fingerprint density at radius 1 is 1.29 bits per heavy atom. The summed E-state index contributed by atoms with van der Waals surface area (Å²) in [5.41, 5.74) is 0.348. The molecule has 1 atom stereocenters. The Hall–Kier alpha value is -2.45. The first-order chi connectivity index (χ1) is 13.3. The summed E-state index contributed by atoms with van der Waals surface area (Å²) in [6, 6.07) is 6.19. The molecule has 1 heterocycles. The molecule has 2 N–H and O–H groups in total. The van der Waals surface area contributed by atoms with Gasteiger partial charge in [0.15, 0.2) is 5.96 Å². The highest BCUT2D eigenvalue weighted by molar-refractivity contribution is 5.81. The van der Waals surface area contributed by atoms with Crippen molar-refractivity contribution in [2.75, 3.05) is 20.1 Å². The van der Waals surface area contributed by atoms with Crippen LogP contribution in [0.25, 0.3) is 0 Å². The van der Waals surface area contributed by atoms with Gasteiger partial charge in [0, 0.05) is 44.7 Å². The summed E-state index contributed by atoms with van der Waals surface area (Å²) >= 11 is 0. The second-order valence-electron chi connectivity index (χ2n) is 6.69. The number of benzene rings is 1. The number of carbonyl (C=O) groups excluding carboxylic acids is 1. The van der Waals surface area contributed by atoms with Crippen LogP contribution in [0.4, 0.5) is 13.2 Å². The highest BCUT2D eigenvalue weighted by Crippen LogP contribution is 2.26. The topological polar surface area (TPSA) is 66.0 Å². The number of ether oxygens (including phenoxy) is 1. The second kappa shape index (κ2) is 10.2. The van der Waals surface area contributed by atoms with Gasteiger partial charge in [-0.25, -0.2) is 0 Å². The molecule has 1 aliphatic heterocycles. The summed E-state index contributed by atoms with van der Waals surface area (Å²) in [4.78, 5) is 18.3. The van der Waals surface area contributed by atoms with Gasteiger partial charge in [-0.3, -0.25) is 9.79 Å². The minimum atomic E-state index is -4.75. The molecular formula is C19H27F3N4O2. The Labute approximate surface area is 163 Å². The molecule has 0 aromatic heterocycles. The summed E-state index contributed by atoms with van der Waals surface area (Å²) in [6.07, 6.45) is -1.20. The first-order valence-electron chi connectivity index (χ1n) is 9.38. The van der Waals surface area contributed by atoms with Gasteiger partial charge >= 0.3 is 6.36 Å². The number of para-hydroxylation sites is 1. The maximum absolute atomic E-state index is 12.5. The summed E-state index contributed by atoms with van der Waals surface area (Å²) < 4.78 is 41.5. The number of aliphatic imine (C=N–C) groups is 1. The molecule has 0 radical (unpaired) electrons. The molecule has 0 saturated carbocycles. The van der Waals surface area contributed by atoms with E-state index in [9.17, 15) is 18.0 Å². The number of halogens is 3. The van der Waals surface area contributed by atoms with Gasteiger partial charge in [-0.05, 0) is 32.3 Å². The summed E-state index contributed by atoms with van der Waals surface area (Å²) in [6.45, 7) is 3.35. The van der Waals surface area contributed by atoms with Gasteiger partial charge < -0.3 is 20.3 Å². The van der Waals surface area contributed by atoms with Crippen LogP contribution in [-0.4, -0.2) is 49.3 Å². The number of piperidine rings is 1. The van der Waals surface area contributed by atoms with Crippen LogP contribution < -0.4 is 15.4 Å². The van der Waals surface area contributed by atoms with Crippen molar-refractivity contribution in [2.24, 2.45) is 4.99 Å². The third-order valence-corrected chi connectivity index (χ3v) is 4.62. The fourth-order valence-electron chi connectivity index (χ4n) is 3.17. The van der Waals surface area contributed by atoms with E-state index in [1.54, 1.807) is 19.2 Å². The van der Waals surface area contributed by atoms with Crippen molar-refractivity contribution in [3.63, 3.8) is 0 Å². The maximum atomic E-state index is 12.5. The lowest BCUT2D eigenvalue weighted by atomic mass is 10.0. The molecule has 9 heteroatoms. The van der Waals surface area contributed by atoms with E-state index >= 15 is 0 Å². The Bertz CT molecular complexity index is 679. The highest BCUT2D eigenvalue weighted by Gasteiger charge is 2.32. The molecule has 1 saturated heterocycles. The lowest BCUT2D eigenvalue weighted by Gasteiger charge is -2.33. The Balaban J connectivity index is 1.81. The van der Waals surface area contributed by atoms with E-state index in [0.29, 0.717) is 24.5 Å². The van der Waals surface area contributed by atoms with Gasteiger partial charge in [0.25, 0.3) is 0 Å².